The molecule has 14 heavy (non-hydrogen) atoms. The number of nitrogens with zero attached hydrogens (tertiary/aromatic N) is 1. The van der Waals surface area contributed by atoms with E-state index < -0.39 is 5.92 Å². The quantitative estimate of drug-likeness (QED) is 0.816. The molecule has 0 aliphatic rings. The van der Waals surface area contributed by atoms with Crippen LogP contribution in [0.2, 0.25) is 0 Å². The third-order valence-electron chi connectivity index (χ3n) is 1.82. The lowest BCUT2D eigenvalue weighted by Gasteiger charge is -2.04. The number of halogens is 2. The molecule has 0 amide bonds. The van der Waals surface area contributed by atoms with Crippen molar-refractivity contribution in [3.05, 3.63) is 29.3 Å². The molecule has 2 aromatic rings. The molecule has 0 aromatic carbocycles. The van der Waals surface area contributed by atoms with E-state index in [4.69, 9.17) is 0 Å². The summed E-state index contributed by atoms with van der Waals surface area (Å²) in [5, 5.41) is 8.05. The van der Waals surface area contributed by atoms with Crippen molar-refractivity contribution in [1.82, 2.24) is 10.2 Å². The standard InChI is InChI=1S/C9H8F2N2S/c1-9(10,11)8-5-6(12-13-8)7-3-2-4-14-7/h2-5H,1H3,(H,12,13). The summed E-state index contributed by atoms with van der Waals surface area (Å²) in [6.45, 7) is 0.846. The molecular formula is C9H8F2N2S. The van der Waals surface area contributed by atoms with Crippen molar-refractivity contribution in [2.75, 3.05) is 0 Å². The Hall–Kier alpha value is -1.23. The van der Waals surface area contributed by atoms with E-state index in [1.165, 1.54) is 17.4 Å². The lowest BCUT2D eigenvalue weighted by molar-refractivity contribution is 0.0127. The van der Waals surface area contributed by atoms with Crippen molar-refractivity contribution >= 4 is 11.3 Å². The number of alkyl halides is 2. The lowest BCUT2D eigenvalue weighted by Crippen LogP contribution is -2.06. The predicted octanol–water partition coefficient (Wildman–Crippen LogP) is 3.25. The molecule has 74 valence electrons. The normalized spacial score (nSPS) is 11.9. The van der Waals surface area contributed by atoms with E-state index in [1.807, 2.05) is 17.5 Å². The van der Waals surface area contributed by atoms with Gasteiger partial charge in [-0.3, -0.25) is 5.10 Å². The van der Waals surface area contributed by atoms with Crippen molar-refractivity contribution in [3.8, 4) is 10.6 Å². The van der Waals surface area contributed by atoms with Gasteiger partial charge in [0.25, 0.3) is 5.92 Å². The Bertz CT molecular complexity index is 414. The average Bonchev–Trinajstić information content (AvgIpc) is 2.73. The van der Waals surface area contributed by atoms with Gasteiger partial charge in [-0.15, -0.1) is 11.3 Å². The topological polar surface area (TPSA) is 28.7 Å². The second-order valence-electron chi connectivity index (χ2n) is 3.03. The van der Waals surface area contributed by atoms with E-state index >= 15 is 0 Å². The first-order valence-corrected chi connectivity index (χ1v) is 4.93. The fraction of sp³-hybridized carbons (Fsp3) is 0.222. The van der Waals surface area contributed by atoms with Gasteiger partial charge in [0, 0.05) is 6.92 Å². The van der Waals surface area contributed by atoms with E-state index in [0.29, 0.717) is 5.69 Å². The molecule has 2 heterocycles. The van der Waals surface area contributed by atoms with Gasteiger partial charge in [0.15, 0.2) is 0 Å². The smallest absolute Gasteiger partial charge is 0.276 e. The van der Waals surface area contributed by atoms with E-state index in [0.717, 1.165) is 11.8 Å². The summed E-state index contributed by atoms with van der Waals surface area (Å²) in [6, 6.07) is 5.09. The molecule has 0 spiro atoms. The highest BCUT2D eigenvalue weighted by Crippen LogP contribution is 2.29. The number of aromatic nitrogens is 2. The number of aromatic amines is 1. The van der Waals surface area contributed by atoms with Crippen molar-refractivity contribution in [2.24, 2.45) is 0 Å². The minimum atomic E-state index is -2.86. The molecule has 0 fully saturated rings. The van der Waals surface area contributed by atoms with Crippen LogP contribution in [0.25, 0.3) is 10.6 Å². The number of thiophene rings is 1. The van der Waals surface area contributed by atoms with E-state index in [9.17, 15) is 8.78 Å². The Morgan fingerprint density at radius 3 is 2.79 bits per heavy atom. The Morgan fingerprint density at radius 1 is 1.50 bits per heavy atom. The van der Waals surface area contributed by atoms with Crippen LogP contribution in [-0.2, 0) is 5.92 Å². The molecule has 0 saturated carbocycles. The molecule has 1 N–H and O–H groups in total. The van der Waals surface area contributed by atoms with Gasteiger partial charge < -0.3 is 0 Å². The van der Waals surface area contributed by atoms with Crippen LogP contribution in [0.5, 0.6) is 0 Å². The molecule has 0 unspecified atom stereocenters. The average molecular weight is 214 g/mol. The highest BCUT2D eigenvalue weighted by atomic mass is 32.1. The molecule has 2 rings (SSSR count). The van der Waals surface area contributed by atoms with Crippen LogP contribution < -0.4 is 0 Å². The first-order valence-electron chi connectivity index (χ1n) is 4.05. The molecular weight excluding hydrogens is 206 g/mol. The molecule has 5 heteroatoms. The number of nitrogens with one attached hydrogen (secondary N) is 1. The SMILES string of the molecule is CC(F)(F)c1cc(-c2cccs2)n[nH]1. The van der Waals surface area contributed by atoms with Crippen LogP contribution >= 0.6 is 11.3 Å². The van der Waals surface area contributed by atoms with Crippen LogP contribution in [0.15, 0.2) is 23.6 Å². The summed E-state index contributed by atoms with van der Waals surface area (Å²) in [5.74, 6) is -2.86. The van der Waals surface area contributed by atoms with Crippen LogP contribution in [0, 0.1) is 0 Å². The largest absolute Gasteiger partial charge is 0.286 e. The van der Waals surface area contributed by atoms with Gasteiger partial charge >= 0.3 is 0 Å². The maximum absolute atomic E-state index is 12.8. The summed E-state index contributed by atoms with van der Waals surface area (Å²) in [5.41, 5.74) is 0.414. The summed E-state index contributed by atoms with van der Waals surface area (Å²) >= 11 is 1.47. The molecule has 2 nitrogen and oxygen atoms in total. The minimum absolute atomic E-state index is 0.152. The summed E-state index contributed by atoms with van der Waals surface area (Å²) in [6.07, 6.45) is 0. The minimum Gasteiger partial charge on any atom is -0.276 e. The second kappa shape index (κ2) is 3.16. The van der Waals surface area contributed by atoms with E-state index in [2.05, 4.69) is 10.2 Å². The Labute approximate surface area is 83.6 Å². The van der Waals surface area contributed by atoms with Gasteiger partial charge in [-0.25, -0.2) is 0 Å². The van der Waals surface area contributed by atoms with Gasteiger partial charge in [-0.1, -0.05) is 6.07 Å². The number of hydrogen-bond donors (Lipinski definition) is 1. The van der Waals surface area contributed by atoms with Gasteiger partial charge in [0.2, 0.25) is 0 Å². The molecule has 0 aliphatic heterocycles. The second-order valence-corrected chi connectivity index (χ2v) is 3.98. The van der Waals surface area contributed by atoms with Gasteiger partial charge in [-0.2, -0.15) is 13.9 Å². The number of rotatable bonds is 2. The highest BCUT2D eigenvalue weighted by molar-refractivity contribution is 7.13. The van der Waals surface area contributed by atoms with Crippen LogP contribution in [0.1, 0.15) is 12.6 Å². The highest BCUT2D eigenvalue weighted by Gasteiger charge is 2.27. The first kappa shape index (κ1) is 9.33. The lowest BCUT2D eigenvalue weighted by atomic mass is 10.2. The van der Waals surface area contributed by atoms with E-state index in [1.54, 1.807) is 0 Å². The summed E-state index contributed by atoms with van der Waals surface area (Å²) in [7, 11) is 0. The number of hydrogen-bond acceptors (Lipinski definition) is 2. The van der Waals surface area contributed by atoms with Crippen LogP contribution in [0.4, 0.5) is 8.78 Å². The fourth-order valence-electron chi connectivity index (χ4n) is 1.10. The molecule has 0 saturated heterocycles. The molecule has 0 atom stereocenters. The van der Waals surface area contributed by atoms with Crippen molar-refractivity contribution in [3.63, 3.8) is 0 Å². The third kappa shape index (κ3) is 1.68. The van der Waals surface area contributed by atoms with Crippen LogP contribution in [0.3, 0.4) is 0 Å². The zero-order valence-corrected chi connectivity index (χ0v) is 8.24. The van der Waals surface area contributed by atoms with E-state index in [-0.39, 0.29) is 5.69 Å². The summed E-state index contributed by atoms with van der Waals surface area (Å²) in [4.78, 5) is 0.886. The molecule has 0 aliphatic carbocycles. The molecule has 0 bridgehead atoms. The Kier molecular flexibility index (Phi) is 2.11. The van der Waals surface area contributed by atoms with Crippen LogP contribution in [-0.4, -0.2) is 10.2 Å². The number of H-pyrrole nitrogens is 1. The zero-order chi connectivity index (χ0) is 10.2. The Morgan fingerprint density at radius 2 is 2.29 bits per heavy atom. The van der Waals surface area contributed by atoms with Crippen molar-refractivity contribution < 1.29 is 8.78 Å². The molecule has 0 radical (unpaired) electrons. The maximum atomic E-state index is 12.8. The third-order valence-corrected chi connectivity index (χ3v) is 2.72. The van der Waals surface area contributed by atoms with Crippen molar-refractivity contribution in [1.29, 1.82) is 0 Å². The zero-order valence-electron chi connectivity index (χ0n) is 7.42. The first-order chi connectivity index (χ1) is 6.57. The monoisotopic (exact) mass is 214 g/mol. The van der Waals surface area contributed by atoms with Gasteiger partial charge in [-0.05, 0) is 17.5 Å². The van der Waals surface area contributed by atoms with Crippen molar-refractivity contribution in [2.45, 2.75) is 12.8 Å². The summed E-state index contributed by atoms with van der Waals surface area (Å²) < 4.78 is 25.7. The van der Waals surface area contributed by atoms with Gasteiger partial charge in [0.1, 0.15) is 11.4 Å². The predicted molar refractivity (Wildman–Crippen MR) is 51.5 cm³/mol. The fourth-order valence-corrected chi connectivity index (χ4v) is 1.78. The Balaban J connectivity index is 2.36. The van der Waals surface area contributed by atoms with Gasteiger partial charge in [0.05, 0.1) is 4.88 Å². The maximum Gasteiger partial charge on any atom is 0.286 e. The molecule has 2 aromatic heterocycles.